The molecule has 0 spiro atoms. The summed E-state index contributed by atoms with van der Waals surface area (Å²) in [5.74, 6) is -0.414. The fraction of sp³-hybridized carbons (Fsp3) is 0.190. The molecule has 0 fully saturated rings. The van der Waals surface area contributed by atoms with E-state index in [0.29, 0.717) is 27.7 Å². The van der Waals surface area contributed by atoms with Crippen LogP contribution in [-0.2, 0) is 17.8 Å². The molecule has 0 unspecified atom stereocenters. The van der Waals surface area contributed by atoms with Gasteiger partial charge >= 0.3 is 0 Å². The van der Waals surface area contributed by atoms with Crippen LogP contribution < -0.4 is 5.32 Å². The van der Waals surface area contributed by atoms with Gasteiger partial charge in [-0.3, -0.25) is 14.9 Å². The van der Waals surface area contributed by atoms with Crippen molar-refractivity contribution in [3.8, 4) is 0 Å². The third kappa shape index (κ3) is 5.43. The number of furan rings is 1. The minimum atomic E-state index is -0.381. The molecule has 0 aliphatic heterocycles. The molecule has 0 radical (unpaired) electrons. The van der Waals surface area contributed by atoms with Crippen molar-refractivity contribution in [2.24, 2.45) is 0 Å². The summed E-state index contributed by atoms with van der Waals surface area (Å²) < 4.78 is 20.0. The van der Waals surface area contributed by atoms with Crippen molar-refractivity contribution in [2.45, 2.75) is 19.9 Å². The molecular weight excluding hydrogens is 473 g/mol. The summed E-state index contributed by atoms with van der Waals surface area (Å²) in [6.07, 6.45) is 3.06. The average Bonchev–Trinajstić information content (AvgIpc) is 3.32. The molecule has 2 heterocycles. The van der Waals surface area contributed by atoms with Gasteiger partial charge in [0.1, 0.15) is 11.6 Å². The van der Waals surface area contributed by atoms with Crippen LogP contribution in [0.5, 0.6) is 0 Å². The molecule has 0 bridgehead atoms. The number of carbonyl (C=O) groups is 2. The number of halogens is 2. The second-order valence-corrected chi connectivity index (χ2v) is 8.24. The van der Waals surface area contributed by atoms with E-state index < -0.39 is 0 Å². The second-order valence-electron chi connectivity index (χ2n) is 6.46. The molecule has 1 aromatic carbocycles. The maximum Gasteiger partial charge on any atom is 0.260 e. The van der Waals surface area contributed by atoms with Gasteiger partial charge in [0.15, 0.2) is 5.13 Å². The van der Waals surface area contributed by atoms with Gasteiger partial charge in [-0.25, -0.2) is 9.37 Å². The zero-order chi connectivity index (χ0) is 21.7. The Kier molecular flexibility index (Phi) is 7.17. The van der Waals surface area contributed by atoms with Crippen LogP contribution >= 0.6 is 27.3 Å². The van der Waals surface area contributed by atoms with Gasteiger partial charge in [-0.15, -0.1) is 17.9 Å². The molecule has 0 saturated heterocycles. The first-order valence-electron chi connectivity index (χ1n) is 9.00. The van der Waals surface area contributed by atoms with Gasteiger partial charge in [0.25, 0.3) is 5.91 Å². The lowest BCUT2D eigenvalue weighted by Gasteiger charge is -2.21. The zero-order valence-electron chi connectivity index (χ0n) is 16.2. The number of rotatable bonds is 8. The predicted molar refractivity (Wildman–Crippen MR) is 117 cm³/mol. The van der Waals surface area contributed by atoms with Gasteiger partial charge in [-0.2, -0.15) is 0 Å². The Balaban J connectivity index is 1.66. The number of hydrogen-bond acceptors (Lipinski definition) is 5. The monoisotopic (exact) mass is 491 g/mol. The van der Waals surface area contributed by atoms with Gasteiger partial charge < -0.3 is 9.32 Å². The molecule has 2 amide bonds. The molecule has 0 aliphatic carbocycles. The molecule has 6 nitrogen and oxygen atoms in total. The van der Waals surface area contributed by atoms with Gasteiger partial charge in [-0.1, -0.05) is 22.0 Å². The number of thiazole rings is 1. The summed E-state index contributed by atoms with van der Waals surface area (Å²) in [7, 11) is 0. The van der Waals surface area contributed by atoms with E-state index in [9.17, 15) is 14.0 Å². The van der Waals surface area contributed by atoms with Gasteiger partial charge in [0.2, 0.25) is 5.91 Å². The highest BCUT2D eigenvalue weighted by Gasteiger charge is 2.18. The Labute approximate surface area is 185 Å². The van der Waals surface area contributed by atoms with E-state index in [1.54, 1.807) is 36.6 Å². The third-order valence-corrected chi connectivity index (χ3v) is 5.58. The second kappa shape index (κ2) is 9.82. The van der Waals surface area contributed by atoms with Crippen molar-refractivity contribution < 1.29 is 18.4 Å². The first-order chi connectivity index (χ1) is 14.4. The highest BCUT2D eigenvalue weighted by molar-refractivity contribution is 9.10. The van der Waals surface area contributed by atoms with E-state index in [1.165, 1.54) is 28.6 Å². The average molecular weight is 492 g/mol. The van der Waals surface area contributed by atoms with Crippen molar-refractivity contribution in [2.75, 3.05) is 11.9 Å². The fourth-order valence-electron chi connectivity index (χ4n) is 2.78. The van der Waals surface area contributed by atoms with Crippen LogP contribution in [0.1, 0.15) is 27.4 Å². The number of nitrogens with one attached hydrogen (secondary N) is 1. The first-order valence-corrected chi connectivity index (χ1v) is 10.7. The van der Waals surface area contributed by atoms with Crippen LogP contribution in [0.4, 0.5) is 9.52 Å². The van der Waals surface area contributed by atoms with Crippen LogP contribution in [-0.4, -0.2) is 28.2 Å². The summed E-state index contributed by atoms with van der Waals surface area (Å²) in [6.45, 7) is 5.76. The number of aryl methyl sites for hydroxylation is 1. The molecule has 3 aromatic rings. The molecule has 30 heavy (non-hydrogen) atoms. The fourth-order valence-corrected chi connectivity index (χ4v) is 3.89. The predicted octanol–water partition coefficient (Wildman–Crippen LogP) is 4.96. The van der Waals surface area contributed by atoms with Crippen LogP contribution in [0.25, 0.3) is 0 Å². The smallest absolute Gasteiger partial charge is 0.260 e. The Morgan fingerprint density at radius 3 is 2.90 bits per heavy atom. The minimum absolute atomic E-state index is 0.0283. The van der Waals surface area contributed by atoms with E-state index in [2.05, 4.69) is 32.8 Å². The largest absolute Gasteiger partial charge is 0.469 e. The van der Waals surface area contributed by atoms with E-state index in [0.717, 1.165) is 4.47 Å². The molecule has 0 saturated carbocycles. The molecule has 2 aromatic heterocycles. The van der Waals surface area contributed by atoms with E-state index in [1.807, 2.05) is 0 Å². The van der Waals surface area contributed by atoms with Crippen LogP contribution in [0.15, 0.2) is 57.5 Å². The Morgan fingerprint density at radius 1 is 1.40 bits per heavy atom. The Hall–Kier alpha value is -2.78. The quantitative estimate of drug-likeness (QED) is 0.452. The first kappa shape index (κ1) is 21.9. The minimum Gasteiger partial charge on any atom is -0.469 e. The van der Waals surface area contributed by atoms with Crippen LogP contribution in [0.2, 0.25) is 0 Å². The number of aromatic nitrogens is 1. The van der Waals surface area contributed by atoms with Crippen molar-refractivity contribution in [3.63, 3.8) is 0 Å². The van der Waals surface area contributed by atoms with Gasteiger partial charge in [0, 0.05) is 28.5 Å². The van der Waals surface area contributed by atoms with Crippen molar-refractivity contribution in [3.05, 3.63) is 81.4 Å². The zero-order valence-corrected chi connectivity index (χ0v) is 18.6. The normalized spacial score (nSPS) is 10.6. The summed E-state index contributed by atoms with van der Waals surface area (Å²) in [5.41, 5.74) is 1.35. The molecule has 9 heteroatoms. The Bertz CT molecular complexity index is 1080. The number of carbonyl (C=O) groups excluding carboxylic acids is 2. The lowest BCUT2D eigenvalue weighted by atomic mass is 10.2. The summed E-state index contributed by atoms with van der Waals surface area (Å²) in [6, 6.07) is 6.19. The van der Waals surface area contributed by atoms with Crippen molar-refractivity contribution >= 4 is 44.2 Å². The SMILES string of the molecule is C=CCN(Cc1cc(Br)ccc1F)C(=O)Cc1csc(NC(=O)c2ccoc2C)n1. The van der Waals surface area contributed by atoms with E-state index >= 15 is 0 Å². The standard InChI is InChI=1S/C21H19BrFN3O3S/c1-3-7-26(11-14-9-15(22)4-5-18(14)23)19(27)10-16-12-30-21(24-16)25-20(28)17-6-8-29-13(17)2/h3-6,8-9,12H,1,7,10-11H2,2H3,(H,24,25,28). The topological polar surface area (TPSA) is 75.4 Å². The summed E-state index contributed by atoms with van der Waals surface area (Å²) >= 11 is 4.54. The van der Waals surface area contributed by atoms with Gasteiger partial charge in [-0.05, 0) is 31.2 Å². The molecule has 156 valence electrons. The molecule has 1 N–H and O–H groups in total. The molecule has 3 rings (SSSR count). The number of benzene rings is 1. The van der Waals surface area contributed by atoms with Crippen molar-refractivity contribution in [1.82, 2.24) is 9.88 Å². The number of hydrogen-bond donors (Lipinski definition) is 1. The Morgan fingerprint density at radius 2 is 2.20 bits per heavy atom. The van der Waals surface area contributed by atoms with Crippen molar-refractivity contribution in [1.29, 1.82) is 0 Å². The maximum absolute atomic E-state index is 14.1. The molecule has 0 aliphatic rings. The summed E-state index contributed by atoms with van der Waals surface area (Å²) in [4.78, 5) is 30.8. The highest BCUT2D eigenvalue weighted by atomic mass is 79.9. The van der Waals surface area contributed by atoms with E-state index in [4.69, 9.17) is 4.42 Å². The lowest BCUT2D eigenvalue weighted by molar-refractivity contribution is -0.130. The van der Waals surface area contributed by atoms with Crippen LogP contribution in [0, 0.1) is 12.7 Å². The van der Waals surface area contributed by atoms with Crippen LogP contribution in [0.3, 0.4) is 0 Å². The van der Waals surface area contributed by atoms with Gasteiger partial charge in [0.05, 0.1) is 23.9 Å². The highest BCUT2D eigenvalue weighted by Crippen LogP contribution is 2.20. The number of anilines is 1. The maximum atomic E-state index is 14.1. The third-order valence-electron chi connectivity index (χ3n) is 4.28. The lowest BCUT2D eigenvalue weighted by Crippen LogP contribution is -2.32. The van der Waals surface area contributed by atoms with E-state index in [-0.39, 0.29) is 37.1 Å². The summed E-state index contributed by atoms with van der Waals surface area (Å²) in [5, 5.41) is 4.79. The molecule has 0 atom stereocenters. The molecular formula is C21H19BrFN3O3S. The number of nitrogens with zero attached hydrogens (tertiary/aromatic N) is 2. The number of amides is 2.